The van der Waals surface area contributed by atoms with Crippen LogP contribution in [0.4, 0.5) is 0 Å². The summed E-state index contributed by atoms with van der Waals surface area (Å²) in [5.74, 6) is -0.0404. The van der Waals surface area contributed by atoms with Crippen molar-refractivity contribution in [3.63, 3.8) is 0 Å². The van der Waals surface area contributed by atoms with E-state index in [2.05, 4.69) is 31.2 Å². The van der Waals surface area contributed by atoms with Gasteiger partial charge < -0.3 is 9.15 Å². The minimum absolute atomic E-state index is 0.0853. The summed E-state index contributed by atoms with van der Waals surface area (Å²) in [6, 6.07) is 14.9. The maximum absolute atomic E-state index is 12.4. The Bertz CT molecular complexity index is 1230. The zero-order valence-corrected chi connectivity index (χ0v) is 18.4. The van der Waals surface area contributed by atoms with Crippen LogP contribution in [-0.4, -0.2) is 32.6 Å². The zero-order valence-electron chi connectivity index (χ0n) is 16.1. The Hall–Kier alpha value is -2.97. The lowest BCUT2D eigenvalue weighted by Crippen LogP contribution is -2.07. The second-order valence-electron chi connectivity index (χ2n) is 6.38. The average Bonchev–Trinajstić information content (AvgIpc) is 3.33. The molecule has 0 aliphatic carbocycles. The van der Waals surface area contributed by atoms with Crippen LogP contribution in [0.2, 0.25) is 5.02 Å². The summed E-state index contributed by atoms with van der Waals surface area (Å²) in [7, 11) is 0. The van der Waals surface area contributed by atoms with Gasteiger partial charge in [0.15, 0.2) is 5.69 Å². The molecule has 0 fully saturated rings. The summed E-state index contributed by atoms with van der Waals surface area (Å²) in [5.41, 5.74) is 2.90. The van der Waals surface area contributed by atoms with Crippen LogP contribution in [0.1, 0.15) is 23.0 Å². The van der Waals surface area contributed by atoms with Crippen molar-refractivity contribution in [2.24, 2.45) is 0 Å². The number of rotatable bonds is 5. The van der Waals surface area contributed by atoms with Crippen molar-refractivity contribution in [3.8, 4) is 28.7 Å². The third-order valence-electron chi connectivity index (χ3n) is 4.27. The van der Waals surface area contributed by atoms with Gasteiger partial charge in [0.1, 0.15) is 5.69 Å². The van der Waals surface area contributed by atoms with Crippen LogP contribution in [-0.2, 0) is 4.74 Å². The molecule has 0 bridgehead atoms. The predicted molar refractivity (Wildman–Crippen MR) is 116 cm³/mol. The Morgan fingerprint density at radius 1 is 1.17 bits per heavy atom. The molecule has 7 nitrogen and oxygen atoms in total. The van der Waals surface area contributed by atoms with Gasteiger partial charge >= 0.3 is 5.97 Å². The number of aryl methyl sites for hydroxylation is 1. The molecule has 0 radical (unpaired) electrons. The number of carbonyl (C=O) groups excluding carboxylic acids is 1. The molecule has 0 amide bonds. The smallest absolute Gasteiger partial charge is 0.360 e. The lowest BCUT2D eigenvalue weighted by atomic mass is 10.1. The van der Waals surface area contributed by atoms with E-state index in [0.717, 1.165) is 11.1 Å². The highest BCUT2D eigenvalue weighted by atomic mass is 79.9. The van der Waals surface area contributed by atoms with Crippen molar-refractivity contribution in [1.82, 2.24) is 20.0 Å². The van der Waals surface area contributed by atoms with Crippen molar-refractivity contribution >= 4 is 33.5 Å². The van der Waals surface area contributed by atoms with Crippen LogP contribution in [0.25, 0.3) is 28.7 Å². The second kappa shape index (κ2) is 8.41. The van der Waals surface area contributed by atoms with E-state index >= 15 is 0 Å². The fourth-order valence-electron chi connectivity index (χ4n) is 2.92. The highest BCUT2D eigenvalue weighted by Gasteiger charge is 2.28. The fraction of sp³-hybridized carbons (Fsp3) is 0.143. The maximum Gasteiger partial charge on any atom is 0.360 e. The van der Waals surface area contributed by atoms with E-state index in [9.17, 15) is 4.79 Å². The molecular formula is C21H16BrClN4O3. The molecule has 0 saturated carbocycles. The summed E-state index contributed by atoms with van der Waals surface area (Å²) < 4.78 is 12.9. The molecule has 9 heteroatoms. The van der Waals surface area contributed by atoms with E-state index in [0.29, 0.717) is 26.8 Å². The largest absolute Gasteiger partial charge is 0.461 e. The van der Waals surface area contributed by atoms with Crippen molar-refractivity contribution in [2.75, 3.05) is 6.61 Å². The molecule has 0 aliphatic heterocycles. The molecule has 0 saturated heterocycles. The minimum Gasteiger partial charge on any atom is -0.461 e. The Labute approximate surface area is 185 Å². The zero-order chi connectivity index (χ0) is 21.3. The highest BCUT2D eigenvalue weighted by Crippen LogP contribution is 2.36. The van der Waals surface area contributed by atoms with Crippen LogP contribution in [0.5, 0.6) is 0 Å². The SMILES string of the molecule is CCOC(=O)c1nn(-c2ccccc2Cl)c(-c2nnc(-c3cccc(C)c3)o2)c1Br. The summed E-state index contributed by atoms with van der Waals surface area (Å²) in [6.07, 6.45) is 0. The standard InChI is InChI=1S/C21H16BrClN4O3/c1-3-29-21(28)17-16(22)18(27(26-17)15-10-5-4-9-14(15)23)20-25-24-19(30-20)13-8-6-7-12(2)11-13/h4-11H,3H2,1-2H3. The molecule has 2 aromatic carbocycles. The topological polar surface area (TPSA) is 83.0 Å². The molecule has 0 unspecified atom stereocenters. The molecule has 4 aromatic rings. The monoisotopic (exact) mass is 486 g/mol. The van der Waals surface area contributed by atoms with Crippen molar-refractivity contribution in [1.29, 1.82) is 0 Å². The first-order valence-electron chi connectivity index (χ1n) is 9.11. The van der Waals surface area contributed by atoms with E-state index in [4.69, 9.17) is 20.8 Å². The van der Waals surface area contributed by atoms with Crippen molar-refractivity contribution in [2.45, 2.75) is 13.8 Å². The molecule has 0 aliphatic rings. The van der Waals surface area contributed by atoms with Gasteiger partial charge in [0.05, 0.1) is 21.8 Å². The Morgan fingerprint density at radius 2 is 1.93 bits per heavy atom. The summed E-state index contributed by atoms with van der Waals surface area (Å²) >= 11 is 9.83. The van der Waals surface area contributed by atoms with Crippen molar-refractivity contribution in [3.05, 3.63) is 69.3 Å². The summed E-state index contributed by atoms with van der Waals surface area (Å²) in [6.45, 7) is 3.93. The lowest BCUT2D eigenvalue weighted by Gasteiger charge is -2.06. The van der Waals surface area contributed by atoms with Crippen LogP contribution in [0, 0.1) is 6.92 Å². The third kappa shape index (κ3) is 3.76. The first-order chi connectivity index (χ1) is 14.5. The molecule has 2 aromatic heterocycles. The first-order valence-corrected chi connectivity index (χ1v) is 10.3. The van der Waals surface area contributed by atoms with Gasteiger partial charge in [0, 0.05) is 5.56 Å². The average molecular weight is 488 g/mol. The van der Waals surface area contributed by atoms with Gasteiger partial charge in [-0.15, -0.1) is 10.2 Å². The molecule has 0 N–H and O–H groups in total. The number of carbonyl (C=O) groups is 1. The van der Waals surface area contributed by atoms with E-state index < -0.39 is 5.97 Å². The Kier molecular flexibility index (Phi) is 5.69. The van der Waals surface area contributed by atoms with Gasteiger partial charge in [-0.05, 0) is 54.0 Å². The van der Waals surface area contributed by atoms with E-state index in [1.54, 1.807) is 25.1 Å². The number of ether oxygens (including phenoxy) is 1. The Morgan fingerprint density at radius 3 is 2.67 bits per heavy atom. The molecule has 30 heavy (non-hydrogen) atoms. The number of aromatic nitrogens is 4. The fourth-order valence-corrected chi connectivity index (χ4v) is 3.72. The molecule has 4 rings (SSSR count). The first kappa shape index (κ1) is 20.3. The third-order valence-corrected chi connectivity index (χ3v) is 5.34. The summed E-state index contributed by atoms with van der Waals surface area (Å²) in [5, 5.41) is 13.2. The number of hydrogen-bond acceptors (Lipinski definition) is 6. The van der Waals surface area contributed by atoms with Gasteiger partial charge in [0.2, 0.25) is 5.89 Å². The van der Waals surface area contributed by atoms with Gasteiger partial charge in [-0.3, -0.25) is 0 Å². The quantitative estimate of drug-likeness (QED) is 0.346. The van der Waals surface area contributed by atoms with E-state index in [1.807, 2.05) is 37.3 Å². The van der Waals surface area contributed by atoms with Crippen LogP contribution in [0.15, 0.2) is 57.4 Å². The molecule has 0 spiro atoms. The van der Waals surface area contributed by atoms with Crippen LogP contribution in [0.3, 0.4) is 0 Å². The van der Waals surface area contributed by atoms with Crippen LogP contribution >= 0.6 is 27.5 Å². The van der Waals surface area contributed by atoms with Crippen LogP contribution < -0.4 is 0 Å². The normalized spacial score (nSPS) is 10.9. The van der Waals surface area contributed by atoms with Crippen molar-refractivity contribution < 1.29 is 13.9 Å². The minimum atomic E-state index is -0.574. The number of benzene rings is 2. The van der Waals surface area contributed by atoms with Gasteiger partial charge in [-0.25, -0.2) is 9.48 Å². The van der Waals surface area contributed by atoms with Gasteiger partial charge in [-0.1, -0.05) is 41.4 Å². The number of nitrogens with zero attached hydrogens (tertiary/aromatic N) is 4. The number of hydrogen-bond donors (Lipinski definition) is 0. The molecular weight excluding hydrogens is 472 g/mol. The number of halogens is 2. The Balaban J connectivity index is 1.89. The lowest BCUT2D eigenvalue weighted by molar-refractivity contribution is 0.0518. The summed E-state index contributed by atoms with van der Waals surface area (Å²) in [4.78, 5) is 12.4. The highest BCUT2D eigenvalue weighted by molar-refractivity contribution is 9.10. The van der Waals surface area contributed by atoms with Gasteiger partial charge in [0.25, 0.3) is 5.89 Å². The molecule has 0 atom stereocenters. The maximum atomic E-state index is 12.4. The van der Waals surface area contributed by atoms with Gasteiger partial charge in [-0.2, -0.15) is 5.10 Å². The molecule has 2 heterocycles. The van der Waals surface area contributed by atoms with E-state index in [-0.39, 0.29) is 18.2 Å². The molecule has 152 valence electrons. The number of esters is 1. The second-order valence-corrected chi connectivity index (χ2v) is 7.58. The predicted octanol–water partition coefficient (Wildman–Crippen LogP) is 5.49. The number of para-hydroxylation sites is 1. The van der Waals surface area contributed by atoms with E-state index in [1.165, 1.54) is 4.68 Å².